The van der Waals surface area contributed by atoms with Crippen molar-refractivity contribution >= 4 is 0 Å². The van der Waals surface area contributed by atoms with Gasteiger partial charge in [0.15, 0.2) is 0 Å². The van der Waals surface area contributed by atoms with E-state index >= 15 is 0 Å². The summed E-state index contributed by atoms with van der Waals surface area (Å²) in [5, 5.41) is 0. The van der Waals surface area contributed by atoms with E-state index in [-0.39, 0.29) is 11.0 Å². The van der Waals surface area contributed by atoms with Gasteiger partial charge in [0, 0.05) is 5.54 Å². The van der Waals surface area contributed by atoms with Gasteiger partial charge in [-0.15, -0.1) is 0 Å². The highest BCUT2D eigenvalue weighted by molar-refractivity contribution is 5.46. The van der Waals surface area contributed by atoms with Gasteiger partial charge in [0.25, 0.3) is 0 Å². The average molecular weight is 231 g/mol. The Hall–Kier alpha value is -0.860. The van der Waals surface area contributed by atoms with E-state index in [9.17, 15) is 0 Å². The first-order valence-corrected chi connectivity index (χ1v) is 6.43. The topological polar surface area (TPSA) is 35.2 Å². The molecule has 1 aromatic carbocycles. The molecule has 1 aliphatic carbocycles. The molecule has 0 radical (unpaired) electrons. The van der Waals surface area contributed by atoms with Crippen molar-refractivity contribution in [1.82, 2.24) is 0 Å². The van der Waals surface area contributed by atoms with Crippen LogP contribution in [0.25, 0.3) is 0 Å². The van der Waals surface area contributed by atoms with Crippen LogP contribution in [0.15, 0.2) is 12.1 Å². The van der Waals surface area contributed by atoms with Gasteiger partial charge in [0.2, 0.25) is 0 Å². The van der Waals surface area contributed by atoms with Crippen LogP contribution < -0.4 is 5.73 Å². The third kappa shape index (κ3) is 1.40. The molecule has 0 atom stereocenters. The van der Waals surface area contributed by atoms with Gasteiger partial charge in [0.05, 0.1) is 18.6 Å². The van der Waals surface area contributed by atoms with E-state index in [1.165, 1.54) is 22.3 Å². The molecule has 2 nitrogen and oxygen atoms in total. The van der Waals surface area contributed by atoms with Crippen LogP contribution in [0.5, 0.6) is 0 Å². The van der Waals surface area contributed by atoms with E-state index in [1.807, 2.05) is 0 Å². The highest BCUT2D eigenvalue weighted by Gasteiger charge is 2.61. The smallest absolute Gasteiger partial charge is 0.0603 e. The predicted octanol–water partition coefficient (Wildman–Crippen LogP) is 2.37. The Labute approximate surface area is 103 Å². The Bertz CT molecular complexity index is 470. The third-order valence-electron chi connectivity index (χ3n) is 4.79. The van der Waals surface area contributed by atoms with Gasteiger partial charge in [-0.1, -0.05) is 12.1 Å². The molecule has 0 aromatic heterocycles. The molecular weight excluding hydrogens is 210 g/mol. The van der Waals surface area contributed by atoms with Crippen LogP contribution in [-0.2, 0) is 10.2 Å². The Morgan fingerprint density at radius 2 is 1.59 bits per heavy atom. The fraction of sp³-hybridized carbons (Fsp3) is 0.600. The molecule has 17 heavy (non-hydrogen) atoms. The van der Waals surface area contributed by atoms with E-state index < -0.39 is 0 Å². The molecule has 0 bridgehead atoms. The Balaban J connectivity index is 2.11. The molecule has 1 aliphatic heterocycles. The number of rotatable bonds is 2. The second-order valence-corrected chi connectivity index (χ2v) is 5.98. The molecule has 1 heterocycles. The van der Waals surface area contributed by atoms with Crippen molar-refractivity contribution in [3.05, 3.63) is 34.4 Å². The van der Waals surface area contributed by atoms with Gasteiger partial charge >= 0.3 is 0 Å². The van der Waals surface area contributed by atoms with Crippen molar-refractivity contribution in [3.8, 4) is 0 Å². The van der Waals surface area contributed by atoms with Crippen LogP contribution in [-0.4, -0.2) is 18.8 Å². The first-order chi connectivity index (χ1) is 7.98. The van der Waals surface area contributed by atoms with Crippen molar-refractivity contribution in [2.75, 3.05) is 13.2 Å². The van der Waals surface area contributed by atoms with E-state index in [4.69, 9.17) is 10.5 Å². The lowest BCUT2D eigenvalue weighted by Crippen LogP contribution is -2.61. The fourth-order valence-corrected chi connectivity index (χ4v) is 3.11. The Kier molecular flexibility index (Phi) is 2.20. The number of hydrogen-bond donors (Lipinski definition) is 1. The van der Waals surface area contributed by atoms with Gasteiger partial charge in [0.1, 0.15) is 0 Å². The van der Waals surface area contributed by atoms with Crippen LogP contribution >= 0.6 is 0 Å². The highest BCUT2D eigenvalue weighted by Crippen LogP contribution is 2.54. The molecule has 2 N–H and O–H groups in total. The number of ether oxygens (including phenoxy) is 1. The largest absolute Gasteiger partial charge is 0.379 e. The molecule has 1 aromatic rings. The van der Waals surface area contributed by atoms with Crippen molar-refractivity contribution in [2.45, 2.75) is 44.6 Å². The molecule has 2 fully saturated rings. The van der Waals surface area contributed by atoms with Gasteiger partial charge < -0.3 is 10.5 Å². The molecule has 92 valence electrons. The summed E-state index contributed by atoms with van der Waals surface area (Å²) >= 11 is 0. The minimum Gasteiger partial charge on any atom is -0.379 e. The lowest BCUT2D eigenvalue weighted by Gasteiger charge is -2.48. The quantitative estimate of drug-likeness (QED) is 0.848. The molecule has 2 heteroatoms. The summed E-state index contributed by atoms with van der Waals surface area (Å²) < 4.78 is 5.50. The molecule has 0 unspecified atom stereocenters. The Morgan fingerprint density at radius 3 is 2.06 bits per heavy atom. The molecular formula is C15H21NO. The second kappa shape index (κ2) is 3.33. The van der Waals surface area contributed by atoms with E-state index in [0.717, 1.165) is 26.1 Å². The fourth-order valence-electron chi connectivity index (χ4n) is 3.11. The zero-order valence-corrected chi connectivity index (χ0v) is 11.0. The van der Waals surface area contributed by atoms with E-state index in [2.05, 4.69) is 32.9 Å². The summed E-state index contributed by atoms with van der Waals surface area (Å²) in [7, 11) is 0. The first kappa shape index (κ1) is 11.2. The SMILES string of the molecule is Cc1cc(C)c(C2(C3(N)CC3)COC2)cc1C. The second-order valence-electron chi connectivity index (χ2n) is 5.98. The summed E-state index contributed by atoms with van der Waals surface area (Å²) in [6, 6.07) is 4.62. The molecule has 3 rings (SSSR count). The van der Waals surface area contributed by atoms with Gasteiger partial charge in [-0.3, -0.25) is 0 Å². The molecule has 1 saturated heterocycles. The van der Waals surface area contributed by atoms with Gasteiger partial charge in [-0.25, -0.2) is 0 Å². The summed E-state index contributed by atoms with van der Waals surface area (Å²) in [6.45, 7) is 8.15. The summed E-state index contributed by atoms with van der Waals surface area (Å²) in [5.74, 6) is 0. The number of hydrogen-bond acceptors (Lipinski definition) is 2. The highest BCUT2D eigenvalue weighted by atomic mass is 16.5. The molecule has 0 spiro atoms. The minimum atomic E-state index is -0.00227. The van der Waals surface area contributed by atoms with Crippen LogP contribution in [0.2, 0.25) is 0 Å². The lowest BCUT2D eigenvalue weighted by atomic mass is 9.68. The first-order valence-electron chi connectivity index (χ1n) is 6.43. The van der Waals surface area contributed by atoms with Crippen molar-refractivity contribution < 1.29 is 4.74 Å². The zero-order chi connectivity index (χ0) is 12.3. The number of benzene rings is 1. The number of aryl methyl sites for hydroxylation is 3. The standard InChI is InChI=1S/C15H21NO/c1-10-6-12(3)13(7-11(10)2)14(8-17-9-14)15(16)4-5-15/h6-7H,4-5,8-9,16H2,1-3H3. The third-order valence-corrected chi connectivity index (χ3v) is 4.79. The monoisotopic (exact) mass is 231 g/mol. The van der Waals surface area contributed by atoms with Crippen molar-refractivity contribution in [2.24, 2.45) is 5.73 Å². The van der Waals surface area contributed by atoms with E-state index in [1.54, 1.807) is 0 Å². The lowest BCUT2D eigenvalue weighted by molar-refractivity contribution is -0.0789. The molecule has 2 aliphatic rings. The summed E-state index contributed by atoms with van der Waals surface area (Å²) in [5.41, 5.74) is 12.1. The van der Waals surface area contributed by atoms with Gasteiger partial charge in [-0.05, 0) is 55.9 Å². The molecule has 0 amide bonds. The predicted molar refractivity (Wildman–Crippen MR) is 69.3 cm³/mol. The van der Waals surface area contributed by atoms with Crippen molar-refractivity contribution in [3.63, 3.8) is 0 Å². The maximum absolute atomic E-state index is 6.50. The number of nitrogens with two attached hydrogens (primary N) is 1. The van der Waals surface area contributed by atoms with Crippen molar-refractivity contribution in [1.29, 1.82) is 0 Å². The summed E-state index contributed by atoms with van der Waals surface area (Å²) in [6.07, 6.45) is 2.28. The normalized spacial score (nSPS) is 24.2. The maximum Gasteiger partial charge on any atom is 0.0603 e. The minimum absolute atomic E-state index is 0.00227. The van der Waals surface area contributed by atoms with Gasteiger partial charge in [-0.2, -0.15) is 0 Å². The van der Waals surface area contributed by atoms with Crippen LogP contribution in [0, 0.1) is 20.8 Å². The summed E-state index contributed by atoms with van der Waals surface area (Å²) in [4.78, 5) is 0. The van der Waals surface area contributed by atoms with Crippen LogP contribution in [0.1, 0.15) is 35.1 Å². The van der Waals surface area contributed by atoms with E-state index in [0.29, 0.717) is 0 Å². The average Bonchev–Trinajstić information content (AvgIpc) is 2.91. The van der Waals surface area contributed by atoms with Crippen LogP contribution in [0.3, 0.4) is 0 Å². The zero-order valence-electron chi connectivity index (χ0n) is 11.0. The van der Waals surface area contributed by atoms with Crippen LogP contribution in [0.4, 0.5) is 0 Å². The Morgan fingerprint density at radius 1 is 1.00 bits per heavy atom. The molecule has 1 saturated carbocycles. The maximum atomic E-state index is 6.50.